The molecule has 0 heterocycles. The first kappa shape index (κ1) is 21.2. The summed E-state index contributed by atoms with van der Waals surface area (Å²) in [7, 11) is 1.64. The lowest BCUT2D eigenvalue weighted by atomic mass is 9.99. The van der Waals surface area contributed by atoms with Gasteiger partial charge in [-0.3, -0.25) is 4.79 Å². The third kappa shape index (κ3) is 6.58. The van der Waals surface area contributed by atoms with Crippen molar-refractivity contribution in [2.75, 3.05) is 7.11 Å². The summed E-state index contributed by atoms with van der Waals surface area (Å²) in [6.45, 7) is 5.87. The molecule has 0 aliphatic carbocycles. The normalized spacial score (nSPS) is 11.0. The minimum absolute atomic E-state index is 0.313. The van der Waals surface area contributed by atoms with Crippen LogP contribution in [0.2, 0.25) is 0 Å². The largest absolute Gasteiger partial charge is 0.497 e. The van der Waals surface area contributed by atoms with Gasteiger partial charge in [0.25, 0.3) is 0 Å². The molecule has 1 unspecified atom stereocenters. The van der Waals surface area contributed by atoms with Crippen LogP contribution in [0.1, 0.15) is 38.7 Å². The van der Waals surface area contributed by atoms with Crippen molar-refractivity contribution in [3.63, 3.8) is 0 Å². The number of carbonyl (C=O) groups is 1. The lowest BCUT2D eigenvalue weighted by Crippen LogP contribution is -2.00. The van der Waals surface area contributed by atoms with Crippen LogP contribution in [0.15, 0.2) is 78.9 Å². The molecular weight excluding hydrogens is 348 g/mol. The molecule has 0 fully saturated rings. The molecule has 0 aliphatic heterocycles. The molecule has 1 atom stereocenters. The Labute approximate surface area is 167 Å². The lowest BCUT2D eigenvalue weighted by Gasteiger charge is -2.06. The summed E-state index contributed by atoms with van der Waals surface area (Å²) < 4.78 is 10.1. The molecule has 3 aromatic carbocycles. The van der Waals surface area contributed by atoms with Crippen molar-refractivity contribution < 1.29 is 14.3 Å². The smallest absolute Gasteiger partial charge is 0.308 e. The van der Waals surface area contributed by atoms with Crippen LogP contribution < -0.4 is 9.47 Å². The molecule has 0 saturated heterocycles. The molecule has 0 spiro atoms. The number of methoxy groups -OCH3 is 1. The topological polar surface area (TPSA) is 35.5 Å². The Morgan fingerprint density at radius 1 is 0.821 bits per heavy atom. The summed E-state index contributed by atoms with van der Waals surface area (Å²) in [5, 5.41) is 0. The molecule has 3 rings (SSSR count). The minimum atomic E-state index is -0.313. The third-order valence-corrected chi connectivity index (χ3v) is 4.52. The molecule has 0 saturated carbocycles. The summed E-state index contributed by atoms with van der Waals surface area (Å²) in [5.41, 5.74) is 3.60. The number of hydrogen-bond donors (Lipinski definition) is 0. The van der Waals surface area contributed by atoms with E-state index in [1.165, 1.54) is 18.9 Å². The van der Waals surface area contributed by atoms with E-state index in [-0.39, 0.29) is 5.97 Å². The van der Waals surface area contributed by atoms with E-state index in [0.717, 1.165) is 16.9 Å². The molecule has 3 nitrogen and oxygen atoms in total. The Morgan fingerprint density at radius 2 is 1.32 bits per heavy atom. The van der Waals surface area contributed by atoms with Gasteiger partial charge < -0.3 is 9.47 Å². The maximum absolute atomic E-state index is 10.8. The third-order valence-electron chi connectivity index (χ3n) is 4.52. The molecule has 3 aromatic rings. The molecular formula is C25H28O3. The fraction of sp³-hybridized carbons (Fsp3) is 0.240. The molecule has 28 heavy (non-hydrogen) atoms. The van der Waals surface area contributed by atoms with E-state index in [1.54, 1.807) is 19.2 Å². The fourth-order valence-corrected chi connectivity index (χ4v) is 2.68. The van der Waals surface area contributed by atoms with Gasteiger partial charge in [-0.1, -0.05) is 68.4 Å². The van der Waals surface area contributed by atoms with E-state index in [4.69, 9.17) is 9.47 Å². The van der Waals surface area contributed by atoms with Crippen molar-refractivity contribution >= 4 is 5.97 Å². The predicted molar refractivity (Wildman–Crippen MR) is 115 cm³/mol. The number of carbonyl (C=O) groups excluding carboxylic acids is 1. The second-order valence-electron chi connectivity index (χ2n) is 6.57. The molecule has 0 N–H and O–H groups in total. The van der Waals surface area contributed by atoms with Crippen molar-refractivity contribution in [2.24, 2.45) is 0 Å². The van der Waals surface area contributed by atoms with Crippen LogP contribution >= 0.6 is 0 Å². The number of hydrogen-bond acceptors (Lipinski definition) is 3. The number of ether oxygens (including phenoxy) is 2. The highest BCUT2D eigenvalue weighted by Crippen LogP contribution is 2.24. The lowest BCUT2D eigenvalue weighted by molar-refractivity contribution is -0.131. The van der Waals surface area contributed by atoms with Crippen LogP contribution in [0, 0.1) is 0 Å². The van der Waals surface area contributed by atoms with E-state index in [0.29, 0.717) is 11.7 Å². The Hall–Kier alpha value is -3.07. The van der Waals surface area contributed by atoms with Gasteiger partial charge in [0.15, 0.2) is 0 Å². The van der Waals surface area contributed by atoms with Crippen molar-refractivity contribution in [2.45, 2.75) is 33.1 Å². The number of esters is 1. The van der Waals surface area contributed by atoms with Gasteiger partial charge in [0.1, 0.15) is 11.5 Å². The van der Waals surface area contributed by atoms with Gasteiger partial charge in [-0.05, 0) is 53.3 Å². The van der Waals surface area contributed by atoms with Gasteiger partial charge >= 0.3 is 5.97 Å². The molecule has 0 amide bonds. The first-order valence-electron chi connectivity index (χ1n) is 9.51. The molecule has 0 aromatic heterocycles. The van der Waals surface area contributed by atoms with Gasteiger partial charge in [-0.25, -0.2) is 0 Å². The molecule has 146 valence electrons. The van der Waals surface area contributed by atoms with Crippen molar-refractivity contribution in [1.82, 2.24) is 0 Å². The van der Waals surface area contributed by atoms with E-state index in [1.807, 2.05) is 36.4 Å². The molecule has 0 bridgehead atoms. The van der Waals surface area contributed by atoms with Crippen molar-refractivity contribution in [3.05, 3.63) is 84.4 Å². The van der Waals surface area contributed by atoms with E-state index >= 15 is 0 Å². The summed E-state index contributed by atoms with van der Waals surface area (Å²) in [6.07, 6.45) is 1.23. The fourth-order valence-electron chi connectivity index (χ4n) is 2.68. The highest BCUT2D eigenvalue weighted by molar-refractivity contribution is 5.70. The van der Waals surface area contributed by atoms with Gasteiger partial charge in [0, 0.05) is 6.92 Å². The van der Waals surface area contributed by atoms with Gasteiger partial charge in [-0.2, -0.15) is 0 Å². The Bertz CT molecular complexity index is 837. The van der Waals surface area contributed by atoms with E-state index < -0.39 is 0 Å². The average Bonchev–Trinajstić information content (AvgIpc) is 2.74. The Balaban J connectivity index is 0.000000237. The van der Waals surface area contributed by atoms with Crippen LogP contribution in [-0.2, 0) is 4.79 Å². The van der Waals surface area contributed by atoms with E-state index in [9.17, 15) is 4.79 Å². The standard InChI is InChI=1S/C15H14O3.C10H14/c1-11(16)18-15-9-5-13(6-10-15)12-3-7-14(17-2)8-4-12;1-3-9(2)10-7-5-4-6-8-10/h3-10H,1-2H3;4-9H,3H2,1-2H3. The van der Waals surface area contributed by atoms with Crippen LogP contribution in [0.25, 0.3) is 11.1 Å². The van der Waals surface area contributed by atoms with Gasteiger partial charge in [0.2, 0.25) is 0 Å². The predicted octanol–water partition coefficient (Wildman–Crippen LogP) is 6.49. The zero-order valence-corrected chi connectivity index (χ0v) is 17.0. The summed E-state index contributed by atoms with van der Waals surface area (Å²) in [5.74, 6) is 1.78. The van der Waals surface area contributed by atoms with Gasteiger partial charge in [-0.15, -0.1) is 0 Å². The zero-order chi connectivity index (χ0) is 20.4. The maximum atomic E-state index is 10.8. The SMILES string of the molecule is CCC(C)c1ccccc1.COc1ccc(-c2ccc(OC(C)=O)cc2)cc1. The monoisotopic (exact) mass is 376 g/mol. The summed E-state index contributed by atoms with van der Waals surface area (Å²) in [6, 6.07) is 25.8. The van der Waals surface area contributed by atoms with Crippen LogP contribution in [0.5, 0.6) is 11.5 Å². The Morgan fingerprint density at radius 3 is 1.75 bits per heavy atom. The molecule has 3 heteroatoms. The highest BCUT2D eigenvalue weighted by atomic mass is 16.5. The van der Waals surface area contributed by atoms with Crippen molar-refractivity contribution in [1.29, 1.82) is 0 Å². The van der Waals surface area contributed by atoms with Crippen LogP contribution in [-0.4, -0.2) is 13.1 Å². The minimum Gasteiger partial charge on any atom is -0.497 e. The maximum Gasteiger partial charge on any atom is 0.308 e. The summed E-state index contributed by atoms with van der Waals surface area (Å²) in [4.78, 5) is 10.8. The van der Waals surface area contributed by atoms with Crippen molar-refractivity contribution in [3.8, 4) is 22.6 Å². The van der Waals surface area contributed by atoms with Crippen LogP contribution in [0.4, 0.5) is 0 Å². The Kier molecular flexibility index (Phi) is 8.29. The first-order valence-corrected chi connectivity index (χ1v) is 9.51. The average molecular weight is 376 g/mol. The summed E-state index contributed by atoms with van der Waals surface area (Å²) >= 11 is 0. The zero-order valence-electron chi connectivity index (χ0n) is 17.0. The second-order valence-corrected chi connectivity index (χ2v) is 6.57. The second kappa shape index (κ2) is 10.9. The van der Waals surface area contributed by atoms with E-state index in [2.05, 4.69) is 44.2 Å². The number of benzene rings is 3. The number of rotatable bonds is 5. The first-order chi connectivity index (χ1) is 13.5. The molecule has 0 radical (unpaired) electrons. The highest BCUT2D eigenvalue weighted by Gasteiger charge is 2.01. The van der Waals surface area contributed by atoms with Crippen LogP contribution in [0.3, 0.4) is 0 Å². The quantitative estimate of drug-likeness (QED) is 0.377. The molecule has 0 aliphatic rings. The van der Waals surface area contributed by atoms with Gasteiger partial charge in [0.05, 0.1) is 7.11 Å².